The van der Waals surface area contributed by atoms with Crippen LogP contribution < -0.4 is 0 Å². The molecular weight excluding hydrogens is 325 g/mol. The number of hydrogen-bond donors (Lipinski definition) is 0. The smallest absolute Gasteiger partial charge is 0.401 e. The van der Waals surface area contributed by atoms with E-state index in [-0.39, 0.29) is 5.56 Å². The average Bonchev–Trinajstić information content (AvgIpc) is 2.13. The lowest BCUT2D eigenvalue weighted by Gasteiger charge is -2.38. The van der Waals surface area contributed by atoms with Crippen LogP contribution in [-0.2, 0) is 10.0 Å². The second kappa shape index (κ2) is 4.98. The molecule has 1 aromatic rings. The Balaban J connectivity index is 3.25. The maximum absolute atomic E-state index is 13.3. The minimum absolute atomic E-state index is 0.126. The molecular formula is C12H16BrF3OSi. The van der Waals surface area contributed by atoms with Crippen molar-refractivity contribution in [3.05, 3.63) is 34.3 Å². The lowest BCUT2D eigenvalue weighted by Crippen LogP contribution is -2.48. The minimum atomic E-state index is -4.44. The van der Waals surface area contributed by atoms with E-state index >= 15 is 0 Å². The van der Waals surface area contributed by atoms with Crippen molar-refractivity contribution in [1.82, 2.24) is 0 Å². The summed E-state index contributed by atoms with van der Waals surface area (Å²) in [5.74, 6) is 0. The molecule has 18 heavy (non-hydrogen) atoms. The molecule has 0 heterocycles. The molecule has 0 aliphatic rings. The number of hydrogen-bond acceptors (Lipinski definition) is 1. The Morgan fingerprint density at radius 3 is 1.83 bits per heavy atom. The highest BCUT2D eigenvalue weighted by molar-refractivity contribution is 9.10. The predicted octanol–water partition coefficient (Wildman–Crippen LogP) is 5.08. The van der Waals surface area contributed by atoms with Crippen molar-refractivity contribution in [1.29, 1.82) is 0 Å². The van der Waals surface area contributed by atoms with Gasteiger partial charge in [-0.1, -0.05) is 28.1 Å². The van der Waals surface area contributed by atoms with E-state index in [0.717, 1.165) is 11.4 Å². The van der Waals surface area contributed by atoms with E-state index in [1.807, 2.05) is 0 Å². The van der Waals surface area contributed by atoms with Crippen LogP contribution in [-0.4, -0.2) is 14.5 Å². The molecule has 102 valence electrons. The molecule has 1 nitrogen and oxygen atoms in total. The summed E-state index contributed by atoms with van der Waals surface area (Å²) < 4.78 is 46.1. The number of alkyl halides is 3. The highest BCUT2D eigenvalue weighted by Gasteiger charge is 2.55. The number of rotatable bonds is 3. The van der Waals surface area contributed by atoms with Crippen LogP contribution in [0.5, 0.6) is 0 Å². The zero-order valence-electron chi connectivity index (χ0n) is 10.7. The molecule has 0 saturated heterocycles. The third-order valence-electron chi connectivity index (χ3n) is 2.45. The van der Waals surface area contributed by atoms with Crippen LogP contribution in [0.2, 0.25) is 19.6 Å². The molecule has 0 aliphatic heterocycles. The van der Waals surface area contributed by atoms with E-state index in [9.17, 15) is 13.2 Å². The van der Waals surface area contributed by atoms with E-state index in [0.29, 0.717) is 0 Å². The van der Waals surface area contributed by atoms with Crippen molar-refractivity contribution in [2.75, 3.05) is 0 Å². The molecule has 0 bridgehead atoms. The van der Waals surface area contributed by atoms with Crippen molar-refractivity contribution in [2.45, 2.75) is 38.3 Å². The molecule has 1 aromatic carbocycles. The quantitative estimate of drug-likeness (QED) is 0.697. The van der Waals surface area contributed by atoms with E-state index in [1.54, 1.807) is 31.8 Å². The highest BCUT2D eigenvalue weighted by Crippen LogP contribution is 2.43. The molecule has 1 atom stereocenters. The third kappa shape index (κ3) is 3.58. The molecule has 1 rings (SSSR count). The first-order chi connectivity index (χ1) is 7.96. The second-order valence-corrected chi connectivity index (χ2v) is 10.6. The maximum Gasteiger partial charge on any atom is 0.420 e. The fourth-order valence-corrected chi connectivity index (χ4v) is 3.38. The fourth-order valence-electron chi connectivity index (χ4n) is 1.66. The molecule has 0 aromatic heterocycles. The first kappa shape index (κ1) is 15.7. The Kier molecular flexibility index (Phi) is 4.35. The van der Waals surface area contributed by atoms with Gasteiger partial charge in [0, 0.05) is 4.47 Å². The number of halogens is 4. The first-order valence-corrected chi connectivity index (χ1v) is 9.69. The van der Waals surface area contributed by atoms with Crippen molar-refractivity contribution in [3.8, 4) is 0 Å². The zero-order chi connectivity index (χ0) is 14.2. The van der Waals surface area contributed by atoms with Gasteiger partial charge in [0.05, 0.1) is 0 Å². The van der Waals surface area contributed by atoms with E-state index in [4.69, 9.17) is 4.43 Å². The Hall–Kier alpha value is -0.333. The van der Waals surface area contributed by atoms with Gasteiger partial charge in [-0.3, -0.25) is 0 Å². The minimum Gasteiger partial charge on any atom is -0.401 e. The standard InChI is InChI=1S/C12H16BrF3OSi/c1-11(12(14,15)16,17-18(2,3)4)9-5-7-10(13)8-6-9/h5-8H,1-4H3. The maximum atomic E-state index is 13.3. The van der Waals surface area contributed by atoms with Gasteiger partial charge in [-0.25, -0.2) is 0 Å². The number of benzene rings is 1. The van der Waals surface area contributed by atoms with Crippen LogP contribution in [0.25, 0.3) is 0 Å². The van der Waals surface area contributed by atoms with Gasteiger partial charge in [-0.15, -0.1) is 0 Å². The van der Waals surface area contributed by atoms with Gasteiger partial charge in [0.2, 0.25) is 0 Å². The first-order valence-electron chi connectivity index (χ1n) is 5.49. The molecule has 0 spiro atoms. The SMILES string of the molecule is CC(O[Si](C)(C)C)(c1ccc(Br)cc1)C(F)(F)F. The lowest BCUT2D eigenvalue weighted by molar-refractivity contribution is -0.250. The van der Waals surface area contributed by atoms with Crippen LogP contribution in [0, 0.1) is 0 Å². The molecule has 0 aliphatic carbocycles. The Morgan fingerprint density at radius 2 is 1.50 bits per heavy atom. The van der Waals surface area contributed by atoms with Crippen molar-refractivity contribution >= 4 is 24.2 Å². The van der Waals surface area contributed by atoms with E-state index < -0.39 is 20.1 Å². The van der Waals surface area contributed by atoms with Gasteiger partial charge in [0.25, 0.3) is 0 Å². The predicted molar refractivity (Wildman–Crippen MR) is 72.0 cm³/mol. The Morgan fingerprint density at radius 1 is 1.06 bits per heavy atom. The third-order valence-corrected chi connectivity index (χ3v) is 4.00. The molecule has 0 amide bonds. The largest absolute Gasteiger partial charge is 0.420 e. The van der Waals surface area contributed by atoms with Crippen LogP contribution in [0.15, 0.2) is 28.7 Å². The van der Waals surface area contributed by atoms with Crippen LogP contribution >= 0.6 is 15.9 Å². The molecule has 0 saturated carbocycles. The van der Waals surface area contributed by atoms with Gasteiger partial charge < -0.3 is 4.43 Å². The van der Waals surface area contributed by atoms with E-state index in [2.05, 4.69) is 15.9 Å². The van der Waals surface area contributed by atoms with Gasteiger partial charge in [-0.2, -0.15) is 13.2 Å². The van der Waals surface area contributed by atoms with E-state index in [1.165, 1.54) is 12.1 Å². The van der Waals surface area contributed by atoms with Crippen molar-refractivity contribution in [2.24, 2.45) is 0 Å². The van der Waals surface area contributed by atoms with Crippen LogP contribution in [0.3, 0.4) is 0 Å². The summed E-state index contributed by atoms with van der Waals surface area (Å²) in [5, 5.41) is 0. The van der Waals surface area contributed by atoms with Crippen LogP contribution in [0.4, 0.5) is 13.2 Å². The second-order valence-electron chi connectivity index (χ2n) is 5.25. The molecule has 0 radical (unpaired) electrons. The topological polar surface area (TPSA) is 9.23 Å². The summed E-state index contributed by atoms with van der Waals surface area (Å²) in [7, 11) is -2.33. The summed E-state index contributed by atoms with van der Waals surface area (Å²) in [6, 6.07) is 6.06. The summed E-state index contributed by atoms with van der Waals surface area (Å²) in [5.41, 5.74) is -2.13. The van der Waals surface area contributed by atoms with Gasteiger partial charge in [0.15, 0.2) is 13.9 Å². The van der Waals surface area contributed by atoms with Crippen LogP contribution in [0.1, 0.15) is 12.5 Å². The summed E-state index contributed by atoms with van der Waals surface area (Å²) in [4.78, 5) is 0. The highest BCUT2D eigenvalue weighted by atomic mass is 79.9. The monoisotopic (exact) mass is 340 g/mol. The Labute approximate surface area is 115 Å². The summed E-state index contributed by atoms with van der Waals surface area (Å²) in [6.07, 6.45) is -4.44. The van der Waals surface area contributed by atoms with Gasteiger partial charge >= 0.3 is 6.18 Å². The average molecular weight is 341 g/mol. The van der Waals surface area contributed by atoms with Crippen molar-refractivity contribution < 1.29 is 17.6 Å². The molecule has 0 N–H and O–H groups in total. The fraction of sp³-hybridized carbons (Fsp3) is 0.500. The summed E-state index contributed by atoms with van der Waals surface area (Å²) >= 11 is 3.21. The Bertz CT molecular complexity index is 411. The summed E-state index contributed by atoms with van der Waals surface area (Å²) in [6.45, 7) is 6.33. The van der Waals surface area contributed by atoms with Gasteiger partial charge in [0.1, 0.15) is 0 Å². The van der Waals surface area contributed by atoms with Gasteiger partial charge in [-0.05, 0) is 44.3 Å². The lowest BCUT2D eigenvalue weighted by atomic mass is 9.96. The normalized spacial score (nSPS) is 16.4. The van der Waals surface area contributed by atoms with Crippen molar-refractivity contribution in [3.63, 3.8) is 0 Å². The zero-order valence-corrected chi connectivity index (χ0v) is 13.3. The molecule has 6 heteroatoms. The molecule has 1 unspecified atom stereocenters. The molecule has 0 fully saturated rings.